The third-order valence-corrected chi connectivity index (χ3v) is 3.73. The maximum atomic E-state index is 12.4. The lowest BCUT2D eigenvalue weighted by molar-refractivity contribution is -0.137. The molecule has 1 saturated heterocycles. The van der Waals surface area contributed by atoms with Gasteiger partial charge < -0.3 is 15.7 Å². The molecule has 0 bridgehead atoms. The van der Waals surface area contributed by atoms with Crippen LogP contribution in [0.2, 0.25) is 0 Å². The normalized spacial score (nSPS) is 17.7. The van der Waals surface area contributed by atoms with Crippen LogP contribution in [0.3, 0.4) is 0 Å². The number of rotatable bonds is 5. The van der Waals surface area contributed by atoms with Crippen LogP contribution in [0, 0.1) is 5.92 Å². The molecule has 1 aliphatic rings. The van der Waals surface area contributed by atoms with E-state index >= 15 is 0 Å². The van der Waals surface area contributed by atoms with E-state index in [4.69, 9.17) is 10.8 Å². The molecule has 1 aliphatic heterocycles. The number of amides is 2. The molecule has 3 N–H and O–H groups in total. The summed E-state index contributed by atoms with van der Waals surface area (Å²) >= 11 is 0. The molecular weight excluding hydrogens is 272 g/mol. The molecule has 1 fully saturated rings. The molecule has 6 nitrogen and oxygen atoms in total. The molecule has 1 unspecified atom stereocenters. The van der Waals surface area contributed by atoms with Crippen molar-refractivity contribution in [1.82, 2.24) is 4.90 Å². The third kappa shape index (κ3) is 3.81. The van der Waals surface area contributed by atoms with Gasteiger partial charge in [0, 0.05) is 30.6 Å². The zero-order valence-electron chi connectivity index (χ0n) is 11.6. The average molecular weight is 290 g/mol. The molecule has 0 aliphatic carbocycles. The Kier molecular flexibility index (Phi) is 4.57. The summed E-state index contributed by atoms with van der Waals surface area (Å²) in [6.45, 7) is 1.18. The molecule has 1 aromatic carbocycles. The number of hydrogen-bond donors (Lipinski definition) is 2. The van der Waals surface area contributed by atoms with Crippen LogP contribution in [0.15, 0.2) is 24.3 Å². The lowest BCUT2D eigenvalue weighted by Gasteiger charge is -2.16. The summed E-state index contributed by atoms with van der Waals surface area (Å²) < 4.78 is 0. The maximum Gasteiger partial charge on any atom is 0.303 e. The Labute approximate surface area is 122 Å². The molecule has 0 aromatic heterocycles. The molecule has 1 atom stereocenters. The molecule has 6 heteroatoms. The quantitative estimate of drug-likeness (QED) is 0.848. The highest BCUT2D eigenvalue weighted by Gasteiger charge is 2.27. The van der Waals surface area contributed by atoms with E-state index in [2.05, 4.69) is 0 Å². The summed E-state index contributed by atoms with van der Waals surface area (Å²) in [5, 5.41) is 8.69. The van der Waals surface area contributed by atoms with Crippen molar-refractivity contribution in [2.45, 2.75) is 19.3 Å². The highest BCUT2D eigenvalue weighted by atomic mass is 16.4. The van der Waals surface area contributed by atoms with Gasteiger partial charge in [-0.1, -0.05) is 6.07 Å². The molecule has 0 spiro atoms. The number of likely N-dealkylation sites (tertiary alicyclic amines) is 1. The zero-order valence-corrected chi connectivity index (χ0v) is 11.6. The SMILES string of the molecule is NC(=O)c1cccc(C(=O)N2CCC(CCC(=O)O)C2)c1. The highest BCUT2D eigenvalue weighted by molar-refractivity contribution is 5.99. The van der Waals surface area contributed by atoms with Crippen molar-refractivity contribution in [3.8, 4) is 0 Å². The van der Waals surface area contributed by atoms with E-state index < -0.39 is 11.9 Å². The van der Waals surface area contributed by atoms with Crippen molar-refractivity contribution < 1.29 is 19.5 Å². The smallest absolute Gasteiger partial charge is 0.303 e. The Balaban J connectivity index is 1.99. The van der Waals surface area contributed by atoms with Gasteiger partial charge in [-0.3, -0.25) is 14.4 Å². The van der Waals surface area contributed by atoms with E-state index in [1.165, 1.54) is 6.07 Å². The molecule has 21 heavy (non-hydrogen) atoms. The summed E-state index contributed by atoms with van der Waals surface area (Å²) in [5.41, 5.74) is 5.95. The fraction of sp³-hybridized carbons (Fsp3) is 0.400. The number of benzene rings is 1. The Bertz CT molecular complexity index is 571. The monoisotopic (exact) mass is 290 g/mol. The zero-order chi connectivity index (χ0) is 15.4. The van der Waals surface area contributed by atoms with Crippen molar-refractivity contribution in [2.24, 2.45) is 11.7 Å². The summed E-state index contributed by atoms with van der Waals surface area (Å²) in [4.78, 5) is 35.8. The van der Waals surface area contributed by atoms with Gasteiger partial charge in [0.1, 0.15) is 0 Å². The first-order valence-electron chi connectivity index (χ1n) is 6.88. The van der Waals surface area contributed by atoms with Crippen LogP contribution in [-0.4, -0.2) is 40.9 Å². The minimum absolute atomic E-state index is 0.129. The van der Waals surface area contributed by atoms with E-state index in [1.807, 2.05) is 0 Å². The van der Waals surface area contributed by atoms with Crippen molar-refractivity contribution in [3.63, 3.8) is 0 Å². The van der Waals surface area contributed by atoms with Crippen molar-refractivity contribution in [2.75, 3.05) is 13.1 Å². The molecular formula is C15H18N2O4. The highest BCUT2D eigenvalue weighted by Crippen LogP contribution is 2.23. The Morgan fingerprint density at radius 3 is 2.67 bits per heavy atom. The number of nitrogens with zero attached hydrogens (tertiary/aromatic N) is 1. The first kappa shape index (κ1) is 15.0. The lowest BCUT2D eigenvalue weighted by Crippen LogP contribution is -2.29. The van der Waals surface area contributed by atoms with Gasteiger partial charge in [-0.2, -0.15) is 0 Å². The topological polar surface area (TPSA) is 101 Å². The lowest BCUT2D eigenvalue weighted by atomic mass is 10.0. The standard InChI is InChI=1S/C15H18N2O4/c16-14(20)11-2-1-3-12(8-11)15(21)17-7-6-10(9-17)4-5-13(18)19/h1-3,8,10H,4-7,9H2,(H2,16,20)(H,18,19). The number of hydrogen-bond acceptors (Lipinski definition) is 3. The van der Waals surface area contributed by atoms with Crippen LogP contribution in [0.4, 0.5) is 0 Å². The van der Waals surface area contributed by atoms with Gasteiger partial charge in [0.25, 0.3) is 5.91 Å². The Morgan fingerprint density at radius 2 is 2.00 bits per heavy atom. The van der Waals surface area contributed by atoms with Crippen LogP contribution >= 0.6 is 0 Å². The summed E-state index contributed by atoms with van der Waals surface area (Å²) in [6, 6.07) is 6.35. The van der Waals surface area contributed by atoms with Gasteiger partial charge in [0.05, 0.1) is 0 Å². The van der Waals surface area contributed by atoms with E-state index in [1.54, 1.807) is 23.1 Å². The molecule has 0 saturated carbocycles. The number of carbonyl (C=O) groups excluding carboxylic acids is 2. The average Bonchev–Trinajstić information content (AvgIpc) is 2.93. The largest absolute Gasteiger partial charge is 0.481 e. The van der Waals surface area contributed by atoms with Crippen molar-refractivity contribution >= 4 is 17.8 Å². The second kappa shape index (κ2) is 6.39. The molecule has 2 amide bonds. The van der Waals surface area contributed by atoms with Gasteiger partial charge in [-0.25, -0.2) is 0 Å². The first-order valence-corrected chi connectivity index (χ1v) is 6.88. The minimum Gasteiger partial charge on any atom is -0.481 e. The van der Waals surface area contributed by atoms with Gasteiger partial charge in [-0.05, 0) is 37.0 Å². The van der Waals surface area contributed by atoms with Gasteiger partial charge in [0.15, 0.2) is 0 Å². The molecule has 0 radical (unpaired) electrons. The molecule has 2 rings (SSSR count). The van der Waals surface area contributed by atoms with Crippen molar-refractivity contribution in [3.05, 3.63) is 35.4 Å². The van der Waals surface area contributed by atoms with Crippen LogP contribution in [0.25, 0.3) is 0 Å². The number of carbonyl (C=O) groups is 3. The second-order valence-corrected chi connectivity index (χ2v) is 5.28. The number of carboxylic acids is 1. The minimum atomic E-state index is -0.811. The van der Waals surface area contributed by atoms with Crippen LogP contribution < -0.4 is 5.73 Å². The number of primary amides is 1. The third-order valence-electron chi connectivity index (χ3n) is 3.73. The van der Waals surface area contributed by atoms with Gasteiger partial charge in [0.2, 0.25) is 5.91 Å². The Morgan fingerprint density at radius 1 is 1.29 bits per heavy atom. The fourth-order valence-corrected chi connectivity index (χ4v) is 2.57. The number of carboxylic acid groups (broad SMARTS) is 1. The molecule has 112 valence electrons. The Hall–Kier alpha value is -2.37. The second-order valence-electron chi connectivity index (χ2n) is 5.28. The van der Waals surface area contributed by atoms with Crippen LogP contribution in [0.1, 0.15) is 40.0 Å². The van der Waals surface area contributed by atoms with E-state index in [0.717, 1.165) is 6.42 Å². The van der Waals surface area contributed by atoms with Gasteiger partial charge >= 0.3 is 5.97 Å². The van der Waals surface area contributed by atoms with Crippen LogP contribution in [-0.2, 0) is 4.79 Å². The van der Waals surface area contributed by atoms with E-state index in [9.17, 15) is 14.4 Å². The predicted molar refractivity (Wildman–Crippen MR) is 75.8 cm³/mol. The maximum absolute atomic E-state index is 12.4. The van der Waals surface area contributed by atoms with Crippen molar-refractivity contribution in [1.29, 1.82) is 0 Å². The van der Waals surface area contributed by atoms with Crippen LogP contribution in [0.5, 0.6) is 0 Å². The molecule has 1 heterocycles. The summed E-state index contributed by atoms with van der Waals surface area (Å²) in [6.07, 6.45) is 1.53. The summed E-state index contributed by atoms with van der Waals surface area (Å²) in [5.74, 6) is -1.29. The van der Waals surface area contributed by atoms with E-state index in [-0.39, 0.29) is 18.2 Å². The fourth-order valence-electron chi connectivity index (χ4n) is 2.57. The number of nitrogens with two attached hydrogens (primary N) is 1. The van der Waals surface area contributed by atoms with Gasteiger partial charge in [-0.15, -0.1) is 0 Å². The predicted octanol–water partition coefficient (Wildman–Crippen LogP) is 1.11. The molecule has 1 aromatic rings. The summed E-state index contributed by atoms with van der Waals surface area (Å²) in [7, 11) is 0. The van der Waals surface area contributed by atoms with E-state index in [0.29, 0.717) is 30.6 Å². The number of aliphatic carboxylic acids is 1. The first-order chi connectivity index (χ1) is 9.97.